The van der Waals surface area contributed by atoms with Crippen molar-refractivity contribution in [2.45, 2.75) is 32.4 Å². The van der Waals surface area contributed by atoms with E-state index < -0.39 is 6.09 Å². The van der Waals surface area contributed by atoms with Crippen LogP contribution in [0.3, 0.4) is 0 Å². The number of nitrogens with zero attached hydrogens (tertiary/aromatic N) is 1. The van der Waals surface area contributed by atoms with Crippen molar-refractivity contribution in [2.24, 2.45) is 0 Å². The van der Waals surface area contributed by atoms with Gasteiger partial charge in [0.25, 0.3) is 0 Å². The third kappa shape index (κ3) is 4.58. The van der Waals surface area contributed by atoms with Gasteiger partial charge in [0, 0.05) is 24.8 Å². The molecule has 0 spiro atoms. The molecule has 1 aliphatic heterocycles. The number of likely N-dealkylation sites (N-methyl/N-ethyl adjacent to an activating group) is 1. The second-order valence-corrected chi connectivity index (χ2v) is 5.85. The summed E-state index contributed by atoms with van der Waals surface area (Å²) in [5.41, 5.74) is 2.01. The summed E-state index contributed by atoms with van der Waals surface area (Å²) in [7, 11) is 0. The predicted molar refractivity (Wildman–Crippen MR) is 94.1 cm³/mol. The monoisotopic (exact) mass is 331 g/mol. The van der Waals surface area contributed by atoms with E-state index >= 15 is 0 Å². The van der Waals surface area contributed by atoms with Crippen LogP contribution in [0, 0.1) is 6.92 Å². The van der Waals surface area contributed by atoms with Gasteiger partial charge in [0.15, 0.2) is 0 Å². The molecule has 1 heterocycles. The van der Waals surface area contributed by atoms with Gasteiger partial charge in [-0.25, -0.2) is 4.79 Å². The van der Waals surface area contributed by atoms with Crippen LogP contribution in [0.2, 0.25) is 0 Å². The summed E-state index contributed by atoms with van der Waals surface area (Å²) >= 11 is 0. The zero-order valence-corrected chi connectivity index (χ0v) is 14.2. The molecular formula is C18H25N3O3. The SMILES string of the molecule is C=CCOC(=O)N[C@@H]1CN[C@H](C(=O)N(CC)c2cccc(C)c2)C1. The number of alkyl carbamates (subject to hydrolysis) is 1. The minimum absolute atomic E-state index is 0.0202. The lowest BCUT2D eigenvalue weighted by Crippen LogP contribution is -2.43. The minimum Gasteiger partial charge on any atom is -0.445 e. The summed E-state index contributed by atoms with van der Waals surface area (Å²) in [5.74, 6) is 0.0202. The topological polar surface area (TPSA) is 70.7 Å². The van der Waals surface area contributed by atoms with Crippen LogP contribution in [0.25, 0.3) is 0 Å². The Labute approximate surface area is 142 Å². The van der Waals surface area contributed by atoms with Crippen LogP contribution in [0.15, 0.2) is 36.9 Å². The van der Waals surface area contributed by atoms with Crippen molar-refractivity contribution in [2.75, 3.05) is 24.6 Å². The standard InChI is InChI=1S/C18H25N3O3/c1-4-9-24-18(23)20-14-11-16(19-12-14)17(22)21(5-2)15-8-6-7-13(3)10-15/h4,6-8,10,14,16,19H,1,5,9,11-12H2,2-3H3,(H,20,23)/t14-,16-/m0/s1. The largest absolute Gasteiger partial charge is 0.445 e. The molecule has 2 rings (SSSR count). The maximum Gasteiger partial charge on any atom is 0.407 e. The first kappa shape index (κ1) is 18.0. The van der Waals surface area contributed by atoms with Gasteiger partial charge in [-0.2, -0.15) is 0 Å². The summed E-state index contributed by atoms with van der Waals surface area (Å²) in [5, 5.41) is 5.95. The fraction of sp³-hybridized carbons (Fsp3) is 0.444. The van der Waals surface area contributed by atoms with Crippen molar-refractivity contribution in [1.29, 1.82) is 0 Å². The first-order valence-corrected chi connectivity index (χ1v) is 8.20. The fourth-order valence-electron chi connectivity index (χ4n) is 2.83. The number of hydrogen-bond donors (Lipinski definition) is 2. The summed E-state index contributed by atoms with van der Waals surface area (Å²) in [6, 6.07) is 7.46. The Kier molecular flexibility index (Phi) is 6.37. The molecule has 2 amide bonds. The van der Waals surface area contributed by atoms with Crippen molar-refractivity contribution < 1.29 is 14.3 Å². The second-order valence-electron chi connectivity index (χ2n) is 5.85. The van der Waals surface area contributed by atoms with E-state index in [9.17, 15) is 9.59 Å². The number of amides is 2. The van der Waals surface area contributed by atoms with Crippen LogP contribution >= 0.6 is 0 Å². The molecule has 1 aromatic rings. The maximum atomic E-state index is 12.8. The lowest BCUT2D eigenvalue weighted by atomic mass is 10.1. The van der Waals surface area contributed by atoms with Crippen molar-refractivity contribution in [3.63, 3.8) is 0 Å². The van der Waals surface area contributed by atoms with Gasteiger partial charge in [-0.05, 0) is 38.0 Å². The Balaban J connectivity index is 1.95. The first-order chi connectivity index (χ1) is 11.5. The Morgan fingerprint density at radius 3 is 2.96 bits per heavy atom. The van der Waals surface area contributed by atoms with Gasteiger partial charge < -0.3 is 20.3 Å². The van der Waals surface area contributed by atoms with E-state index in [0.717, 1.165) is 11.3 Å². The molecule has 1 aromatic carbocycles. The third-order valence-corrected chi connectivity index (χ3v) is 3.98. The van der Waals surface area contributed by atoms with Crippen LogP contribution < -0.4 is 15.5 Å². The molecule has 1 fully saturated rings. The molecule has 0 saturated carbocycles. The fourth-order valence-corrected chi connectivity index (χ4v) is 2.83. The second kappa shape index (κ2) is 8.49. The smallest absolute Gasteiger partial charge is 0.407 e. The van der Waals surface area contributed by atoms with Crippen molar-refractivity contribution in [1.82, 2.24) is 10.6 Å². The van der Waals surface area contributed by atoms with Gasteiger partial charge in [-0.3, -0.25) is 4.79 Å². The molecule has 130 valence electrons. The lowest BCUT2D eigenvalue weighted by Gasteiger charge is -2.24. The highest BCUT2D eigenvalue weighted by molar-refractivity contribution is 5.97. The average molecular weight is 331 g/mol. The van der Waals surface area contributed by atoms with Crippen LogP contribution in [0.1, 0.15) is 18.9 Å². The molecule has 6 nitrogen and oxygen atoms in total. The number of aryl methyl sites for hydroxylation is 1. The zero-order chi connectivity index (χ0) is 17.5. The Bertz CT molecular complexity index is 603. The van der Waals surface area contributed by atoms with Crippen molar-refractivity contribution in [3.05, 3.63) is 42.5 Å². The summed E-state index contributed by atoms with van der Waals surface area (Å²) < 4.78 is 4.91. The van der Waals surface area contributed by atoms with Gasteiger partial charge in [0.1, 0.15) is 6.61 Å². The van der Waals surface area contributed by atoms with E-state index in [1.165, 1.54) is 6.08 Å². The van der Waals surface area contributed by atoms with Gasteiger partial charge in [0.05, 0.1) is 6.04 Å². The number of rotatable bonds is 6. The maximum absolute atomic E-state index is 12.8. The van der Waals surface area contributed by atoms with Crippen LogP contribution in [-0.2, 0) is 9.53 Å². The van der Waals surface area contributed by atoms with E-state index in [1.54, 1.807) is 4.90 Å². The number of anilines is 1. The normalized spacial score (nSPS) is 19.6. The lowest BCUT2D eigenvalue weighted by molar-refractivity contribution is -0.120. The van der Waals surface area contributed by atoms with Gasteiger partial charge in [-0.15, -0.1) is 0 Å². The van der Waals surface area contributed by atoms with Crippen LogP contribution in [0.5, 0.6) is 0 Å². The molecule has 0 unspecified atom stereocenters. The molecule has 6 heteroatoms. The third-order valence-electron chi connectivity index (χ3n) is 3.98. The molecule has 24 heavy (non-hydrogen) atoms. The Morgan fingerprint density at radius 1 is 1.50 bits per heavy atom. The molecule has 0 aromatic heterocycles. The Morgan fingerprint density at radius 2 is 2.29 bits per heavy atom. The van der Waals surface area contributed by atoms with Crippen LogP contribution in [-0.4, -0.2) is 43.8 Å². The van der Waals surface area contributed by atoms with E-state index in [1.807, 2.05) is 38.1 Å². The molecule has 1 aliphatic rings. The molecule has 2 atom stereocenters. The van der Waals surface area contributed by atoms with Crippen molar-refractivity contribution in [3.8, 4) is 0 Å². The first-order valence-electron chi connectivity index (χ1n) is 8.20. The van der Waals surface area contributed by atoms with E-state index in [-0.39, 0.29) is 24.6 Å². The van der Waals surface area contributed by atoms with Crippen LogP contribution in [0.4, 0.5) is 10.5 Å². The molecule has 0 bridgehead atoms. The molecule has 1 saturated heterocycles. The van der Waals surface area contributed by atoms with Crippen molar-refractivity contribution >= 4 is 17.7 Å². The minimum atomic E-state index is -0.485. The van der Waals surface area contributed by atoms with Gasteiger partial charge in [0.2, 0.25) is 5.91 Å². The number of nitrogens with one attached hydrogen (secondary N) is 2. The number of carbonyl (C=O) groups is 2. The predicted octanol–water partition coefficient (Wildman–Crippen LogP) is 1.99. The highest BCUT2D eigenvalue weighted by atomic mass is 16.5. The summed E-state index contributed by atoms with van der Waals surface area (Å²) in [6.45, 7) is 8.77. The van der Waals surface area contributed by atoms with E-state index in [4.69, 9.17) is 4.74 Å². The quantitative estimate of drug-likeness (QED) is 0.782. The van der Waals surface area contributed by atoms with Gasteiger partial charge in [-0.1, -0.05) is 24.8 Å². The molecule has 0 radical (unpaired) electrons. The number of carbonyl (C=O) groups excluding carboxylic acids is 2. The highest BCUT2D eigenvalue weighted by Gasteiger charge is 2.33. The number of ether oxygens (including phenoxy) is 1. The van der Waals surface area contributed by atoms with E-state index in [0.29, 0.717) is 19.5 Å². The zero-order valence-electron chi connectivity index (χ0n) is 14.2. The summed E-state index contributed by atoms with van der Waals surface area (Å²) in [6.07, 6.45) is 1.57. The molecule has 2 N–H and O–H groups in total. The van der Waals surface area contributed by atoms with E-state index in [2.05, 4.69) is 17.2 Å². The Hall–Kier alpha value is -2.34. The van der Waals surface area contributed by atoms with Gasteiger partial charge >= 0.3 is 6.09 Å². The number of hydrogen-bond acceptors (Lipinski definition) is 4. The molecule has 0 aliphatic carbocycles. The average Bonchev–Trinajstić information content (AvgIpc) is 3.02. The molecular weight excluding hydrogens is 306 g/mol. The summed E-state index contributed by atoms with van der Waals surface area (Å²) in [4.78, 5) is 26.1. The highest BCUT2D eigenvalue weighted by Crippen LogP contribution is 2.19. The number of benzene rings is 1.